The highest BCUT2D eigenvalue weighted by Crippen LogP contribution is 2.30. The van der Waals surface area contributed by atoms with Crippen LogP contribution in [-0.4, -0.2) is 10.2 Å². The molecule has 3 rings (SSSR count). The zero-order valence-electron chi connectivity index (χ0n) is 8.92. The molecule has 0 saturated heterocycles. The molecule has 0 bridgehead atoms. The van der Waals surface area contributed by atoms with E-state index in [0.29, 0.717) is 11.3 Å². The number of phenolic OH excluding ortho intramolecular Hbond substituents is 2. The van der Waals surface area contributed by atoms with Crippen molar-refractivity contribution < 1.29 is 14.6 Å². The number of fused-ring (bicyclic) bond motifs is 1. The molecular weight excluding hydrogens is 216 g/mol. The molecule has 0 spiro atoms. The molecule has 17 heavy (non-hydrogen) atoms. The minimum Gasteiger partial charge on any atom is -0.508 e. The molecule has 2 aromatic carbocycles. The summed E-state index contributed by atoms with van der Waals surface area (Å²) in [5.74, 6) is 1.12. The van der Waals surface area contributed by atoms with Crippen molar-refractivity contribution in [2.45, 2.75) is 0 Å². The highest BCUT2D eigenvalue weighted by atomic mass is 16.3. The maximum absolute atomic E-state index is 9.35. The summed E-state index contributed by atoms with van der Waals surface area (Å²) >= 11 is 0. The topological polar surface area (TPSA) is 53.6 Å². The second-order valence-corrected chi connectivity index (χ2v) is 3.88. The van der Waals surface area contributed by atoms with E-state index in [4.69, 9.17) is 4.42 Å². The number of hydrogen-bond acceptors (Lipinski definition) is 3. The van der Waals surface area contributed by atoms with E-state index in [9.17, 15) is 10.2 Å². The van der Waals surface area contributed by atoms with Gasteiger partial charge in [0, 0.05) is 17.0 Å². The Hall–Kier alpha value is -2.42. The second-order valence-electron chi connectivity index (χ2n) is 3.88. The predicted octanol–water partition coefficient (Wildman–Crippen LogP) is 3.51. The molecule has 3 aromatic rings. The molecular formula is C14H10O3. The van der Waals surface area contributed by atoms with Crippen LogP contribution in [-0.2, 0) is 0 Å². The quantitative estimate of drug-likeness (QED) is 0.667. The molecule has 0 saturated carbocycles. The largest absolute Gasteiger partial charge is 0.508 e. The van der Waals surface area contributed by atoms with E-state index in [1.807, 2.05) is 6.07 Å². The van der Waals surface area contributed by atoms with Gasteiger partial charge in [0.05, 0.1) is 0 Å². The smallest absolute Gasteiger partial charge is 0.138 e. The van der Waals surface area contributed by atoms with Gasteiger partial charge in [0.2, 0.25) is 0 Å². The highest BCUT2D eigenvalue weighted by molar-refractivity contribution is 5.83. The summed E-state index contributed by atoms with van der Waals surface area (Å²) in [7, 11) is 0. The van der Waals surface area contributed by atoms with Gasteiger partial charge in [-0.25, -0.2) is 0 Å². The van der Waals surface area contributed by atoms with Crippen LogP contribution >= 0.6 is 0 Å². The predicted molar refractivity (Wildman–Crippen MR) is 65.0 cm³/mol. The van der Waals surface area contributed by atoms with Gasteiger partial charge in [-0.15, -0.1) is 0 Å². The number of benzene rings is 2. The van der Waals surface area contributed by atoms with E-state index < -0.39 is 0 Å². The van der Waals surface area contributed by atoms with Gasteiger partial charge >= 0.3 is 0 Å². The van der Waals surface area contributed by atoms with Crippen LogP contribution in [0, 0.1) is 0 Å². The van der Waals surface area contributed by atoms with Gasteiger partial charge < -0.3 is 14.6 Å². The average Bonchev–Trinajstić information content (AvgIpc) is 2.72. The van der Waals surface area contributed by atoms with Gasteiger partial charge in [-0.1, -0.05) is 0 Å². The van der Waals surface area contributed by atoms with Crippen molar-refractivity contribution in [3.63, 3.8) is 0 Å². The summed E-state index contributed by atoms with van der Waals surface area (Å²) in [6.45, 7) is 0. The molecule has 3 nitrogen and oxygen atoms in total. The molecule has 0 fully saturated rings. The van der Waals surface area contributed by atoms with Gasteiger partial charge in [-0.3, -0.25) is 0 Å². The molecule has 0 amide bonds. The maximum atomic E-state index is 9.35. The Balaban J connectivity index is 2.14. The Labute approximate surface area is 97.6 Å². The van der Waals surface area contributed by atoms with Gasteiger partial charge in [-0.05, 0) is 42.5 Å². The molecule has 3 heteroatoms. The van der Waals surface area contributed by atoms with E-state index in [-0.39, 0.29) is 11.5 Å². The van der Waals surface area contributed by atoms with E-state index >= 15 is 0 Å². The zero-order valence-corrected chi connectivity index (χ0v) is 8.92. The summed E-state index contributed by atoms with van der Waals surface area (Å²) < 4.78 is 5.63. The molecule has 84 valence electrons. The monoisotopic (exact) mass is 226 g/mol. The van der Waals surface area contributed by atoms with E-state index in [2.05, 4.69) is 0 Å². The number of aromatic hydroxyl groups is 2. The Morgan fingerprint density at radius 3 is 2.24 bits per heavy atom. The first kappa shape index (κ1) is 9.78. The molecule has 2 N–H and O–H groups in total. The summed E-state index contributed by atoms with van der Waals surface area (Å²) in [4.78, 5) is 0. The van der Waals surface area contributed by atoms with E-state index in [0.717, 1.165) is 10.9 Å². The van der Waals surface area contributed by atoms with Crippen molar-refractivity contribution in [2.24, 2.45) is 0 Å². The van der Waals surface area contributed by atoms with Crippen molar-refractivity contribution in [2.75, 3.05) is 0 Å². The summed E-state index contributed by atoms with van der Waals surface area (Å²) in [6, 6.07) is 13.7. The summed E-state index contributed by atoms with van der Waals surface area (Å²) in [5, 5.41) is 19.5. The van der Waals surface area contributed by atoms with Crippen LogP contribution < -0.4 is 0 Å². The van der Waals surface area contributed by atoms with Crippen molar-refractivity contribution in [3.05, 3.63) is 48.5 Å². The third kappa shape index (κ3) is 1.72. The molecule has 0 aliphatic heterocycles. The van der Waals surface area contributed by atoms with Crippen molar-refractivity contribution >= 4 is 11.0 Å². The fraction of sp³-hybridized carbons (Fsp3) is 0. The number of hydrogen-bond donors (Lipinski definition) is 2. The molecule has 0 aliphatic carbocycles. The Bertz CT molecular complexity index is 666. The first-order valence-corrected chi connectivity index (χ1v) is 5.24. The Morgan fingerprint density at radius 2 is 1.47 bits per heavy atom. The third-order valence-electron chi connectivity index (χ3n) is 2.66. The number of rotatable bonds is 1. The fourth-order valence-corrected chi connectivity index (χ4v) is 1.79. The number of furan rings is 1. The van der Waals surface area contributed by atoms with Crippen LogP contribution in [0.4, 0.5) is 0 Å². The van der Waals surface area contributed by atoms with Crippen molar-refractivity contribution in [3.8, 4) is 22.8 Å². The number of phenols is 2. The van der Waals surface area contributed by atoms with E-state index in [1.54, 1.807) is 42.5 Å². The minimum atomic E-state index is 0.184. The zero-order chi connectivity index (χ0) is 11.8. The first-order chi connectivity index (χ1) is 8.22. The highest BCUT2D eigenvalue weighted by Gasteiger charge is 2.06. The standard InChI is InChI=1S/C14H10O3/c15-11-4-1-9(2-5-11)13-7-10-3-6-12(16)8-14(10)17-13/h1-8,15-16H. The molecule has 0 aliphatic rings. The lowest BCUT2D eigenvalue weighted by atomic mass is 10.1. The molecule has 0 radical (unpaired) electrons. The molecule has 0 atom stereocenters. The van der Waals surface area contributed by atoms with Gasteiger partial charge in [0.1, 0.15) is 22.8 Å². The Morgan fingerprint density at radius 1 is 0.765 bits per heavy atom. The SMILES string of the molecule is Oc1ccc(-c2cc3ccc(O)cc3o2)cc1. The lowest BCUT2D eigenvalue weighted by Gasteiger charge is -1.96. The van der Waals surface area contributed by atoms with Crippen LogP contribution in [0.3, 0.4) is 0 Å². The van der Waals surface area contributed by atoms with E-state index in [1.165, 1.54) is 0 Å². The lowest BCUT2D eigenvalue weighted by Crippen LogP contribution is -1.71. The lowest BCUT2D eigenvalue weighted by molar-refractivity contribution is 0.474. The van der Waals surface area contributed by atoms with Gasteiger partial charge in [0.25, 0.3) is 0 Å². The molecule has 1 aromatic heterocycles. The Kier molecular flexibility index (Phi) is 2.05. The normalized spacial score (nSPS) is 10.8. The minimum absolute atomic E-state index is 0.184. The van der Waals surface area contributed by atoms with Crippen LogP contribution in [0.25, 0.3) is 22.3 Å². The maximum Gasteiger partial charge on any atom is 0.138 e. The summed E-state index contributed by atoms with van der Waals surface area (Å²) in [6.07, 6.45) is 0. The molecule has 0 unspecified atom stereocenters. The first-order valence-electron chi connectivity index (χ1n) is 5.24. The van der Waals surface area contributed by atoms with Crippen LogP contribution in [0.15, 0.2) is 52.9 Å². The fourth-order valence-electron chi connectivity index (χ4n) is 1.79. The van der Waals surface area contributed by atoms with Crippen LogP contribution in [0.2, 0.25) is 0 Å². The van der Waals surface area contributed by atoms with Crippen molar-refractivity contribution in [1.29, 1.82) is 0 Å². The third-order valence-corrected chi connectivity index (χ3v) is 2.66. The van der Waals surface area contributed by atoms with Crippen LogP contribution in [0.5, 0.6) is 11.5 Å². The second kappa shape index (κ2) is 3.56. The molecule has 1 heterocycles. The summed E-state index contributed by atoms with van der Waals surface area (Å²) in [5.41, 5.74) is 1.53. The van der Waals surface area contributed by atoms with Crippen molar-refractivity contribution in [1.82, 2.24) is 0 Å². The van der Waals surface area contributed by atoms with Gasteiger partial charge in [-0.2, -0.15) is 0 Å². The van der Waals surface area contributed by atoms with Gasteiger partial charge in [0.15, 0.2) is 0 Å². The van der Waals surface area contributed by atoms with Crippen LogP contribution in [0.1, 0.15) is 0 Å². The average molecular weight is 226 g/mol.